The molecule has 110 valence electrons. The summed E-state index contributed by atoms with van der Waals surface area (Å²) in [5.74, 6) is 0.134. The van der Waals surface area contributed by atoms with Crippen LogP contribution in [0.2, 0.25) is 0 Å². The number of para-hydroxylation sites is 1. The van der Waals surface area contributed by atoms with Gasteiger partial charge in [-0.2, -0.15) is 0 Å². The van der Waals surface area contributed by atoms with E-state index >= 15 is 0 Å². The van der Waals surface area contributed by atoms with Crippen molar-refractivity contribution in [1.29, 1.82) is 0 Å². The van der Waals surface area contributed by atoms with Gasteiger partial charge in [0.25, 0.3) is 5.91 Å². The third-order valence-electron chi connectivity index (χ3n) is 3.28. The first-order valence-electron chi connectivity index (χ1n) is 6.80. The van der Waals surface area contributed by atoms with Gasteiger partial charge >= 0.3 is 0 Å². The molecule has 0 saturated carbocycles. The number of hydrogen-bond acceptors (Lipinski definition) is 3. The number of ether oxygens (including phenoxy) is 1. The van der Waals surface area contributed by atoms with Gasteiger partial charge in [-0.1, -0.05) is 38.1 Å². The molecule has 0 aliphatic heterocycles. The zero-order valence-electron chi connectivity index (χ0n) is 12.4. The first-order valence-corrected chi connectivity index (χ1v) is 6.80. The number of benzene rings is 2. The molecule has 0 saturated heterocycles. The first kappa shape index (κ1) is 14.9. The van der Waals surface area contributed by atoms with Crippen LogP contribution in [-0.4, -0.2) is 18.1 Å². The summed E-state index contributed by atoms with van der Waals surface area (Å²) in [5, 5.41) is 12.8. The predicted octanol–water partition coefficient (Wildman–Crippen LogP) is 3.78. The second-order valence-electron chi connectivity index (χ2n) is 5.05. The summed E-state index contributed by atoms with van der Waals surface area (Å²) < 4.78 is 5.14. The lowest BCUT2D eigenvalue weighted by Gasteiger charge is -2.15. The number of carbonyl (C=O) groups excluding carboxylic acids is 1. The minimum absolute atomic E-state index is 0.103. The molecule has 1 amide bonds. The van der Waals surface area contributed by atoms with E-state index in [1.165, 1.54) is 13.2 Å². The largest absolute Gasteiger partial charge is 0.507 e. The van der Waals surface area contributed by atoms with E-state index in [1.54, 1.807) is 12.1 Å². The topological polar surface area (TPSA) is 58.6 Å². The van der Waals surface area contributed by atoms with Crippen molar-refractivity contribution in [1.82, 2.24) is 0 Å². The number of aromatic hydroxyl groups is 1. The number of methoxy groups -OCH3 is 1. The van der Waals surface area contributed by atoms with E-state index < -0.39 is 5.91 Å². The Morgan fingerprint density at radius 2 is 1.86 bits per heavy atom. The van der Waals surface area contributed by atoms with Gasteiger partial charge in [0.2, 0.25) is 0 Å². The molecule has 0 fully saturated rings. The Morgan fingerprint density at radius 1 is 1.14 bits per heavy atom. The molecule has 0 aliphatic rings. The van der Waals surface area contributed by atoms with Crippen LogP contribution < -0.4 is 10.1 Å². The van der Waals surface area contributed by atoms with Gasteiger partial charge in [0.15, 0.2) is 0 Å². The average Bonchev–Trinajstić information content (AvgIpc) is 2.47. The lowest BCUT2D eigenvalue weighted by molar-refractivity contribution is 0.102. The zero-order chi connectivity index (χ0) is 15.4. The maximum Gasteiger partial charge on any atom is 0.263 e. The molecule has 2 N–H and O–H groups in total. The number of amides is 1. The molecule has 4 nitrogen and oxygen atoms in total. The van der Waals surface area contributed by atoms with Crippen LogP contribution in [0.5, 0.6) is 11.5 Å². The van der Waals surface area contributed by atoms with Gasteiger partial charge in [-0.05, 0) is 29.7 Å². The highest BCUT2D eigenvalue weighted by Crippen LogP contribution is 2.30. The Hall–Kier alpha value is -2.49. The summed E-state index contributed by atoms with van der Waals surface area (Å²) in [5.41, 5.74) is 1.92. The molecule has 2 rings (SSSR count). The fraction of sp³-hybridized carbons (Fsp3) is 0.235. The van der Waals surface area contributed by atoms with Crippen LogP contribution in [0.15, 0.2) is 42.5 Å². The summed E-state index contributed by atoms with van der Waals surface area (Å²) in [4.78, 5) is 12.4. The summed E-state index contributed by atoms with van der Waals surface area (Å²) in [6, 6.07) is 12.4. The summed E-state index contributed by atoms with van der Waals surface area (Å²) in [6.07, 6.45) is 0. The molecule has 21 heavy (non-hydrogen) atoms. The van der Waals surface area contributed by atoms with E-state index in [1.807, 2.05) is 24.3 Å². The lowest BCUT2D eigenvalue weighted by Crippen LogP contribution is -2.15. The molecule has 4 heteroatoms. The molecule has 0 aliphatic carbocycles. The minimum Gasteiger partial charge on any atom is -0.507 e. The molecular formula is C17H19NO3. The fourth-order valence-corrected chi connectivity index (χ4v) is 2.22. The Morgan fingerprint density at radius 3 is 2.52 bits per heavy atom. The van der Waals surface area contributed by atoms with Crippen molar-refractivity contribution in [2.45, 2.75) is 19.8 Å². The maximum absolute atomic E-state index is 12.4. The number of carbonyl (C=O) groups is 1. The van der Waals surface area contributed by atoms with Crippen molar-refractivity contribution < 1.29 is 14.6 Å². The highest BCUT2D eigenvalue weighted by Gasteiger charge is 2.18. The molecule has 0 bridgehead atoms. The number of phenols is 1. The molecule has 0 spiro atoms. The first-order chi connectivity index (χ1) is 10.0. The van der Waals surface area contributed by atoms with Crippen LogP contribution in [0.1, 0.15) is 35.7 Å². The van der Waals surface area contributed by atoms with Crippen LogP contribution >= 0.6 is 0 Å². The maximum atomic E-state index is 12.4. The summed E-state index contributed by atoms with van der Waals surface area (Å²) in [6.45, 7) is 4.12. The van der Waals surface area contributed by atoms with E-state index in [0.29, 0.717) is 5.75 Å². The SMILES string of the molecule is COc1cccc(O)c1C(=O)Nc1ccccc1C(C)C. The number of phenolic OH excluding ortho intramolecular Hbond substituents is 1. The third-order valence-corrected chi connectivity index (χ3v) is 3.28. The number of rotatable bonds is 4. The molecular weight excluding hydrogens is 266 g/mol. The van der Waals surface area contributed by atoms with E-state index in [0.717, 1.165) is 11.3 Å². The molecule has 2 aromatic rings. The van der Waals surface area contributed by atoms with Gasteiger partial charge in [-0.25, -0.2) is 0 Å². The van der Waals surface area contributed by atoms with Crippen LogP contribution in [0.3, 0.4) is 0 Å². The smallest absolute Gasteiger partial charge is 0.263 e. The zero-order valence-corrected chi connectivity index (χ0v) is 12.4. The fourth-order valence-electron chi connectivity index (χ4n) is 2.22. The number of hydrogen-bond donors (Lipinski definition) is 2. The van der Waals surface area contributed by atoms with Gasteiger partial charge in [0, 0.05) is 5.69 Å². The second kappa shape index (κ2) is 6.31. The minimum atomic E-state index is -0.391. The molecule has 0 atom stereocenters. The quantitative estimate of drug-likeness (QED) is 0.898. The van der Waals surface area contributed by atoms with Gasteiger partial charge in [0.05, 0.1) is 7.11 Å². The summed E-state index contributed by atoms with van der Waals surface area (Å²) in [7, 11) is 1.47. The van der Waals surface area contributed by atoms with Gasteiger partial charge in [0.1, 0.15) is 17.1 Å². The van der Waals surface area contributed by atoms with E-state index in [9.17, 15) is 9.90 Å². The van der Waals surface area contributed by atoms with Crippen LogP contribution in [-0.2, 0) is 0 Å². The number of anilines is 1. The van der Waals surface area contributed by atoms with Gasteiger partial charge < -0.3 is 15.2 Å². The van der Waals surface area contributed by atoms with E-state index in [4.69, 9.17) is 4.74 Å². The highest BCUT2D eigenvalue weighted by molar-refractivity contribution is 6.08. The van der Waals surface area contributed by atoms with Crippen LogP contribution in [0.4, 0.5) is 5.69 Å². The normalized spacial score (nSPS) is 10.5. The van der Waals surface area contributed by atoms with E-state index in [2.05, 4.69) is 19.2 Å². The predicted molar refractivity (Wildman–Crippen MR) is 83.1 cm³/mol. The molecule has 0 heterocycles. The van der Waals surface area contributed by atoms with Gasteiger partial charge in [-0.15, -0.1) is 0 Å². The number of nitrogens with one attached hydrogen (secondary N) is 1. The molecule has 2 aromatic carbocycles. The van der Waals surface area contributed by atoms with Crippen molar-refractivity contribution in [2.75, 3.05) is 12.4 Å². The molecule has 0 aromatic heterocycles. The Balaban J connectivity index is 2.35. The van der Waals surface area contributed by atoms with Crippen LogP contribution in [0.25, 0.3) is 0 Å². The third kappa shape index (κ3) is 3.16. The van der Waals surface area contributed by atoms with Crippen molar-refractivity contribution in [3.8, 4) is 11.5 Å². The van der Waals surface area contributed by atoms with Crippen molar-refractivity contribution in [3.63, 3.8) is 0 Å². The average molecular weight is 285 g/mol. The van der Waals surface area contributed by atoms with Crippen molar-refractivity contribution in [2.24, 2.45) is 0 Å². The monoisotopic (exact) mass is 285 g/mol. The van der Waals surface area contributed by atoms with E-state index in [-0.39, 0.29) is 17.2 Å². The second-order valence-corrected chi connectivity index (χ2v) is 5.05. The summed E-state index contributed by atoms with van der Waals surface area (Å²) >= 11 is 0. The van der Waals surface area contributed by atoms with Crippen LogP contribution in [0, 0.1) is 0 Å². The Labute approximate surface area is 124 Å². The van der Waals surface area contributed by atoms with Gasteiger partial charge in [-0.3, -0.25) is 4.79 Å². The molecule has 0 unspecified atom stereocenters. The van der Waals surface area contributed by atoms with Crippen molar-refractivity contribution in [3.05, 3.63) is 53.6 Å². The Kier molecular flexibility index (Phi) is 4.48. The molecule has 0 radical (unpaired) electrons. The van der Waals surface area contributed by atoms with Crippen molar-refractivity contribution >= 4 is 11.6 Å². The standard InChI is InChI=1S/C17H19NO3/c1-11(2)12-7-4-5-8-13(12)18-17(20)16-14(19)9-6-10-15(16)21-3/h4-11,19H,1-3H3,(H,18,20). The lowest BCUT2D eigenvalue weighted by atomic mass is 10.0. The highest BCUT2D eigenvalue weighted by atomic mass is 16.5. The Bertz CT molecular complexity index is 650.